The van der Waals surface area contributed by atoms with Crippen molar-refractivity contribution in [2.45, 2.75) is 78.6 Å². The number of carbonyl (C=O) groups is 3. The molecule has 0 aliphatic heterocycles. The summed E-state index contributed by atoms with van der Waals surface area (Å²) in [5.41, 5.74) is -0.155. The zero-order chi connectivity index (χ0) is 24.5. The van der Waals surface area contributed by atoms with E-state index in [2.05, 4.69) is 10.6 Å². The SMILES string of the molecule is CCC(C)C(NC(=O)OC(C)(C)C)C(=O)N(CC#N)C(C(=O)NC(C)C)c1ccccc1. The van der Waals surface area contributed by atoms with Crippen molar-refractivity contribution in [1.29, 1.82) is 5.26 Å². The predicted molar refractivity (Wildman–Crippen MR) is 122 cm³/mol. The minimum absolute atomic E-state index is 0.155. The molecule has 3 unspecified atom stereocenters. The molecule has 0 saturated heterocycles. The molecular weight excluding hydrogens is 408 g/mol. The van der Waals surface area contributed by atoms with E-state index < -0.39 is 35.6 Å². The summed E-state index contributed by atoms with van der Waals surface area (Å²) in [6, 6.07) is 8.69. The van der Waals surface area contributed by atoms with Gasteiger partial charge in [0.2, 0.25) is 11.8 Å². The molecule has 1 rings (SSSR count). The van der Waals surface area contributed by atoms with Crippen LogP contribution in [0.2, 0.25) is 0 Å². The summed E-state index contributed by atoms with van der Waals surface area (Å²) < 4.78 is 5.33. The number of amides is 3. The number of benzene rings is 1. The zero-order valence-corrected chi connectivity index (χ0v) is 20.1. The average Bonchev–Trinajstić information content (AvgIpc) is 2.69. The van der Waals surface area contributed by atoms with Crippen LogP contribution in [0.5, 0.6) is 0 Å². The molecule has 32 heavy (non-hydrogen) atoms. The average molecular weight is 445 g/mol. The van der Waals surface area contributed by atoms with Gasteiger partial charge >= 0.3 is 6.09 Å². The molecule has 8 nitrogen and oxygen atoms in total. The lowest BCUT2D eigenvalue weighted by Gasteiger charge is -2.35. The number of alkyl carbamates (subject to hydrolysis) is 1. The summed E-state index contributed by atoms with van der Waals surface area (Å²) in [6.45, 7) is 12.3. The van der Waals surface area contributed by atoms with Crippen molar-refractivity contribution in [2.24, 2.45) is 5.92 Å². The van der Waals surface area contributed by atoms with Crippen molar-refractivity contribution in [3.05, 3.63) is 35.9 Å². The third-order valence-electron chi connectivity index (χ3n) is 4.78. The Kier molecular flexibility index (Phi) is 10.2. The Labute approximate surface area is 191 Å². The summed E-state index contributed by atoms with van der Waals surface area (Å²) in [5.74, 6) is -1.16. The molecule has 0 aliphatic carbocycles. The lowest BCUT2D eigenvalue weighted by Crippen LogP contribution is -2.55. The molecule has 3 atom stereocenters. The predicted octanol–water partition coefficient (Wildman–Crippen LogP) is 3.54. The van der Waals surface area contributed by atoms with Gasteiger partial charge in [-0.1, -0.05) is 50.6 Å². The van der Waals surface area contributed by atoms with Crippen LogP contribution in [-0.2, 0) is 14.3 Å². The van der Waals surface area contributed by atoms with Crippen LogP contribution >= 0.6 is 0 Å². The van der Waals surface area contributed by atoms with Crippen molar-refractivity contribution in [1.82, 2.24) is 15.5 Å². The summed E-state index contributed by atoms with van der Waals surface area (Å²) >= 11 is 0. The molecule has 0 heterocycles. The topological polar surface area (TPSA) is 112 Å². The van der Waals surface area contributed by atoms with Crippen LogP contribution in [0.15, 0.2) is 30.3 Å². The maximum atomic E-state index is 13.7. The van der Waals surface area contributed by atoms with Crippen molar-refractivity contribution in [3.63, 3.8) is 0 Å². The van der Waals surface area contributed by atoms with Crippen molar-refractivity contribution in [3.8, 4) is 6.07 Å². The van der Waals surface area contributed by atoms with Gasteiger partial charge in [0.1, 0.15) is 24.2 Å². The molecular formula is C24H36N4O4. The molecule has 8 heteroatoms. The lowest BCUT2D eigenvalue weighted by molar-refractivity contribution is -0.142. The molecule has 176 valence electrons. The Hall–Kier alpha value is -3.08. The van der Waals surface area contributed by atoms with Gasteiger partial charge in [0, 0.05) is 6.04 Å². The summed E-state index contributed by atoms with van der Waals surface area (Å²) in [4.78, 5) is 40.5. The standard InChI is InChI=1S/C24H36N4O4/c1-8-17(4)19(27-23(31)32-24(5,6)7)22(30)28(15-14-25)20(21(29)26-16(2)3)18-12-10-9-11-13-18/h9-13,16-17,19-20H,8,15H2,1-7H3,(H,26,29)(H,27,31). The van der Waals surface area contributed by atoms with Gasteiger partial charge in [0.15, 0.2) is 0 Å². The van der Waals surface area contributed by atoms with Gasteiger partial charge in [-0.15, -0.1) is 0 Å². The Morgan fingerprint density at radius 1 is 1.09 bits per heavy atom. The highest BCUT2D eigenvalue weighted by molar-refractivity contribution is 5.92. The van der Waals surface area contributed by atoms with Crippen LogP contribution in [0, 0.1) is 17.2 Å². The summed E-state index contributed by atoms with van der Waals surface area (Å²) in [5, 5.41) is 15.0. The second kappa shape index (κ2) is 12.1. The molecule has 3 amide bonds. The van der Waals surface area contributed by atoms with Crippen LogP contribution in [0.1, 0.15) is 66.5 Å². The minimum Gasteiger partial charge on any atom is -0.444 e. The smallest absolute Gasteiger partial charge is 0.408 e. The molecule has 0 saturated carbocycles. The van der Waals surface area contributed by atoms with Gasteiger partial charge in [-0.05, 0) is 46.1 Å². The first kappa shape index (κ1) is 27.0. The highest BCUT2D eigenvalue weighted by atomic mass is 16.6. The number of carbonyl (C=O) groups excluding carboxylic acids is 3. The van der Waals surface area contributed by atoms with Crippen LogP contribution in [0.4, 0.5) is 4.79 Å². The lowest BCUT2D eigenvalue weighted by atomic mass is 9.95. The van der Waals surface area contributed by atoms with Crippen LogP contribution in [0.3, 0.4) is 0 Å². The maximum Gasteiger partial charge on any atom is 0.408 e. The van der Waals surface area contributed by atoms with E-state index in [9.17, 15) is 19.6 Å². The fourth-order valence-corrected chi connectivity index (χ4v) is 3.14. The molecule has 0 fully saturated rings. The fraction of sp³-hybridized carbons (Fsp3) is 0.583. The van der Waals surface area contributed by atoms with Crippen molar-refractivity contribution >= 4 is 17.9 Å². The number of hydrogen-bond acceptors (Lipinski definition) is 5. The third-order valence-corrected chi connectivity index (χ3v) is 4.78. The number of nitrogens with one attached hydrogen (secondary N) is 2. The van der Waals surface area contributed by atoms with Gasteiger partial charge in [-0.25, -0.2) is 4.79 Å². The second-order valence-corrected chi connectivity index (χ2v) is 9.11. The highest BCUT2D eigenvalue weighted by Crippen LogP contribution is 2.24. The molecule has 0 aromatic heterocycles. The fourth-order valence-electron chi connectivity index (χ4n) is 3.14. The first-order chi connectivity index (χ1) is 14.9. The van der Waals surface area contributed by atoms with Crippen molar-refractivity contribution < 1.29 is 19.1 Å². The monoisotopic (exact) mass is 444 g/mol. The van der Waals surface area contributed by atoms with E-state index in [-0.39, 0.29) is 18.5 Å². The second-order valence-electron chi connectivity index (χ2n) is 9.11. The number of rotatable bonds is 9. The first-order valence-electron chi connectivity index (χ1n) is 10.9. The minimum atomic E-state index is -1.02. The molecule has 1 aromatic carbocycles. The van der Waals surface area contributed by atoms with Crippen LogP contribution in [0.25, 0.3) is 0 Å². The molecule has 0 aliphatic rings. The summed E-state index contributed by atoms with van der Waals surface area (Å²) in [7, 11) is 0. The molecule has 0 spiro atoms. The van der Waals surface area contributed by atoms with E-state index in [0.29, 0.717) is 12.0 Å². The summed E-state index contributed by atoms with van der Waals surface area (Å²) in [6.07, 6.45) is -0.128. The normalized spacial score (nSPS) is 14.0. The Morgan fingerprint density at radius 3 is 2.16 bits per heavy atom. The Bertz CT molecular complexity index is 812. The quantitative estimate of drug-likeness (QED) is 0.566. The molecule has 0 bridgehead atoms. The van der Waals surface area contributed by atoms with E-state index in [1.54, 1.807) is 45.0 Å². The van der Waals surface area contributed by atoms with E-state index in [1.165, 1.54) is 4.90 Å². The van der Waals surface area contributed by atoms with E-state index in [1.807, 2.05) is 39.8 Å². The van der Waals surface area contributed by atoms with Gasteiger partial charge in [-0.3, -0.25) is 9.59 Å². The van der Waals surface area contributed by atoms with Crippen LogP contribution < -0.4 is 10.6 Å². The van der Waals surface area contributed by atoms with E-state index >= 15 is 0 Å². The molecule has 1 aromatic rings. The van der Waals surface area contributed by atoms with E-state index in [0.717, 1.165) is 0 Å². The number of nitrogens with zero attached hydrogens (tertiary/aromatic N) is 2. The van der Waals surface area contributed by atoms with Gasteiger partial charge in [-0.2, -0.15) is 5.26 Å². The first-order valence-corrected chi connectivity index (χ1v) is 10.9. The van der Waals surface area contributed by atoms with Gasteiger partial charge in [0.25, 0.3) is 0 Å². The number of hydrogen-bond donors (Lipinski definition) is 2. The highest BCUT2D eigenvalue weighted by Gasteiger charge is 2.38. The third kappa shape index (κ3) is 8.22. The van der Waals surface area contributed by atoms with Crippen molar-refractivity contribution in [2.75, 3.05) is 6.54 Å². The number of ether oxygens (including phenoxy) is 1. The van der Waals surface area contributed by atoms with Gasteiger partial charge < -0.3 is 20.3 Å². The number of nitriles is 1. The Morgan fingerprint density at radius 2 is 1.69 bits per heavy atom. The van der Waals surface area contributed by atoms with Gasteiger partial charge in [0.05, 0.1) is 6.07 Å². The molecule has 0 radical (unpaired) electrons. The maximum absolute atomic E-state index is 13.7. The van der Waals surface area contributed by atoms with Crippen LogP contribution in [-0.4, -0.2) is 47.0 Å². The molecule has 2 N–H and O–H groups in total. The zero-order valence-electron chi connectivity index (χ0n) is 20.1. The Balaban J connectivity index is 3.39. The largest absolute Gasteiger partial charge is 0.444 e. The van der Waals surface area contributed by atoms with E-state index in [4.69, 9.17) is 4.74 Å².